The summed E-state index contributed by atoms with van der Waals surface area (Å²) in [6, 6.07) is 0. The van der Waals surface area contributed by atoms with Crippen molar-refractivity contribution in [3.05, 3.63) is 0 Å². The smallest absolute Gasteiger partial charge is 0.407 e. The molecule has 4 nitrogen and oxygen atoms in total. The number of rotatable bonds is 1. The maximum atomic E-state index is 5.63. The van der Waals surface area contributed by atoms with Crippen LogP contribution in [0.2, 0.25) is 0 Å². The Labute approximate surface area is 97.7 Å². The van der Waals surface area contributed by atoms with E-state index in [0.29, 0.717) is 26.4 Å². The maximum absolute atomic E-state index is 5.63. The highest BCUT2D eigenvalue weighted by Crippen LogP contribution is 2.28. The summed E-state index contributed by atoms with van der Waals surface area (Å²) in [6.45, 7) is 11.2. The normalized spacial score (nSPS) is 30.4. The molecule has 0 bridgehead atoms. The van der Waals surface area contributed by atoms with E-state index in [4.69, 9.17) is 18.8 Å². The highest BCUT2D eigenvalue weighted by molar-refractivity contribution is 6.45. The molecule has 0 N–H and O–H groups in total. The fourth-order valence-corrected chi connectivity index (χ4v) is 1.72. The van der Waals surface area contributed by atoms with Crippen LogP contribution in [0.15, 0.2) is 0 Å². The molecule has 0 unspecified atom stereocenters. The molecule has 2 rings (SSSR count). The lowest BCUT2D eigenvalue weighted by molar-refractivity contribution is -0.201. The number of hydrogen-bond donors (Lipinski definition) is 0. The number of hydrogen-bond acceptors (Lipinski definition) is 4. The van der Waals surface area contributed by atoms with Gasteiger partial charge in [-0.25, -0.2) is 0 Å². The van der Waals surface area contributed by atoms with E-state index in [2.05, 4.69) is 27.7 Å². The first-order valence-corrected chi connectivity index (χ1v) is 5.85. The van der Waals surface area contributed by atoms with Crippen molar-refractivity contribution in [2.24, 2.45) is 10.8 Å². The van der Waals surface area contributed by atoms with Crippen molar-refractivity contribution < 1.29 is 18.8 Å². The van der Waals surface area contributed by atoms with Gasteiger partial charge in [0.2, 0.25) is 0 Å². The van der Waals surface area contributed by atoms with Crippen LogP contribution in [-0.2, 0) is 18.8 Å². The third-order valence-corrected chi connectivity index (χ3v) is 2.78. The average Bonchev–Trinajstić information content (AvgIpc) is 2.19. The van der Waals surface area contributed by atoms with Crippen LogP contribution < -0.4 is 0 Å². The Morgan fingerprint density at radius 3 is 1.75 bits per heavy atom. The van der Waals surface area contributed by atoms with Gasteiger partial charge in [-0.3, -0.25) is 0 Å². The summed E-state index contributed by atoms with van der Waals surface area (Å²) < 4.78 is 22.5. The van der Waals surface area contributed by atoms with Gasteiger partial charge >= 0.3 is 7.12 Å². The zero-order valence-corrected chi connectivity index (χ0v) is 10.6. The van der Waals surface area contributed by atoms with Crippen molar-refractivity contribution in [2.45, 2.75) is 33.9 Å². The largest absolute Gasteiger partial charge is 0.517 e. The van der Waals surface area contributed by atoms with E-state index >= 15 is 0 Å². The van der Waals surface area contributed by atoms with E-state index in [-0.39, 0.29) is 24.1 Å². The van der Waals surface area contributed by atoms with Gasteiger partial charge in [0.25, 0.3) is 0 Å². The van der Waals surface area contributed by atoms with Crippen LogP contribution in [-0.4, -0.2) is 39.7 Å². The molecule has 2 aliphatic heterocycles. The minimum atomic E-state index is -0.371. The van der Waals surface area contributed by atoms with E-state index in [1.54, 1.807) is 0 Å². The van der Waals surface area contributed by atoms with E-state index < -0.39 is 0 Å². The van der Waals surface area contributed by atoms with Gasteiger partial charge in [-0.1, -0.05) is 27.7 Å². The fourth-order valence-electron chi connectivity index (χ4n) is 1.72. The van der Waals surface area contributed by atoms with Gasteiger partial charge in [-0.15, -0.1) is 0 Å². The van der Waals surface area contributed by atoms with Crippen LogP contribution >= 0.6 is 0 Å². The summed E-state index contributed by atoms with van der Waals surface area (Å²) in [4.78, 5) is 0. The van der Waals surface area contributed by atoms with Crippen molar-refractivity contribution in [1.29, 1.82) is 0 Å². The van der Waals surface area contributed by atoms with Crippen LogP contribution in [0.25, 0.3) is 0 Å². The molecule has 92 valence electrons. The van der Waals surface area contributed by atoms with Gasteiger partial charge in [0.05, 0.1) is 13.2 Å². The van der Waals surface area contributed by atoms with E-state index in [1.807, 2.05) is 0 Å². The Hall–Kier alpha value is -0.0951. The van der Waals surface area contributed by atoms with Crippen molar-refractivity contribution in [2.75, 3.05) is 26.4 Å². The molecule has 2 fully saturated rings. The molecular weight excluding hydrogens is 207 g/mol. The molecule has 2 aliphatic rings. The molecule has 2 saturated heterocycles. The zero-order chi connectivity index (χ0) is 11.8. The topological polar surface area (TPSA) is 36.9 Å². The molecule has 16 heavy (non-hydrogen) atoms. The van der Waals surface area contributed by atoms with E-state index in [9.17, 15) is 0 Å². The predicted octanol–water partition coefficient (Wildman–Crippen LogP) is 1.49. The monoisotopic (exact) mass is 228 g/mol. The Kier molecular flexibility index (Phi) is 3.32. The van der Waals surface area contributed by atoms with Crippen LogP contribution in [0, 0.1) is 10.8 Å². The second-order valence-electron chi connectivity index (χ2n) is 6.31. The molecule has 5 heteroatoms. The Morgan fingerprint density at radius 2 is 1.25 bits per heavy atom. The minimum absolute atomic E-state index is 0.0877. The Bertz CT molecular complexity index is 208. The quantitative estimate of drug-likeness (QED) is 0.637. The Morgan fingerprint density at radius 1 is 0.812 bits per heavy atom. The first-order chi connectivity index (χ1) is 7.38. The second-order valence-corrected chi connectivity index (χ2v) is 6.31. The first kappa shape index (κ1) is 12.4. The molecule has 0 atom stereocenters. The SMILES string of the molecule is CC1(C)COB(C2OCC(C)(C)CO2)OC1. The molecule has 0 spiro atoms. The lowest BCUT2D eigenvalue weighted by Gasteiger charge is -2.39. The van der Waals surface area contributed by atoms with Crippen molar-refractivity contribution >= 4 is 7.12 Å². The van der Waals surface area contributed by atoms with Gasteiger partial charge < -0.3 is 18.8 Å². The van der Waals surface area contributed by atoms with Crippen LogP contribution in [0.1, 0.15) is 27.7 Å². The van der Waals surface area contributed by atoms with Crippen LogP contribution in [0.3, 0.4) is 0 Å². The van der Waals surface area contributed by atoms with Crippen molar-refractivity contribution in [1.82, 2.24) is 0 Å². The highest BCUT2D eigenvalue weighted by atomic mass is 16.7. The minimum Gasteiger partial charge on any atom is -0.407 e. The molecule has 0 aromatic heterocycles. The van der Waals surface area contributed by atoms with Gasteiger partial charge in [0.15, 0.2) is 6.19 Å². The lowest BCUT2D eigenvalue weighted by atomic mass is 9.81. The molecule has 0 aromatic carbocycles. The summed E-state index contributed by atoms with van der Waals surface area (Å²) in [7, 11) is -0.371. The summed E-state index contributed by atoms with van der Waals surface area (Å²) >= 11 is 0. The summed E-state index contributed by atoms with van der Waals surface area (Å²) in [6.07, 6.45) is -0.371. The van der Waals surface area contributed by atoms with Gasteiger partial charge in [-0.05, 0) is 0 Å². The molecular formula is C11H21BO4. The maximum Gasteiger partial charge on any atom is 0.517 e. The zero-order valence-electron chi connectivity index (χ0n) is 10.6. The van der Waals surface area contributed by atoms with Crippen molar-refractivity contribution in [3.63, 3.8) is 0 Å². The Balaban J connectivity index is 1.82. The molecule has 0 aliphatic carbocycles. The molecule has 0 radical (unpaired) electrons. The first-order valence-electron chi connectivity index (χ1n) is 5.85. The second kappa shape index (κ2) is 4.29. The third kappa shape index (κ3) is 2.97. The van der Waals surface area contributed by atoms with Crippen LogP contribution in [0.4, 0.5) is 0 Å². The summed E-state index contributed by atoms with van der Waals surface area (Å²) in [5, 5.41) is 0. The predicted molar refractivity (Wildman–Crippen MR) is 60.9 cm³/mol. The van der Waals surface area contributed by atoms with Gasteiger partial charge in [-0.2, -0.15) is 0 Å². The van der Waals surface area contributed by atoms with Gasteiger partial charge in [0, 0.05) is 24.0 Å². The third-order valence-electron chi connectivity index (χ3n) is 2.78. The standard InChI is InChI=1S/C11H21BO4/c1-10(2)5-13-9(14-6-10)12-15-7-11(3,4)8-16-12/h9H,5-8H2,1-4H3. The van der Waals surface area contributed by atoms with E-state index in [1.165, 1.54) is 0 Å². The molecule has 2 heterocycles. The molecule has 0 saturated carbocycles. The van der Waals surface area contributed by atoms with E-state index in [0.717, 1.165) is 0 Å². The number of ether oxygens (including phenoxy) is 2. The fraction of sp³-hybridized carbons (Fsp3) is 1.00. The molecule has 0 amide bonds. The average molecular weight is 228 g/mol. The van der Waals surface area contributed by atoms with Crippen molar-refractivity contribution in [3.8, 4) is 0 Å². The summed E-state index contributed by atoms with van der Waals surface area (Å²) in [5.41, 5.74) is 0.175. The summed E-state index contributed by atoms with van der Waals surface area (Å²) in [5.74, 6) is 0. The lowest BCUT2D eigenvalue weighted by Crippen LogP contribution is -2.53. The highest BCUT2D eigenvalue weighted by Gasteiger charge is 2.43. The van der Waals surface area contributed by atoms with Crippen LogP contribution in [0.5, 0.6) is 0 Å². The van der Waals surface area contributed by atoms with Gasteiger partial charge in [0.1, 0.15) is 0 Å². The molecule has 0 aromatic rings.